The van der Waals surface area contributed by atoms with Crippen LogP contribution < -0.4 is 5.32 Å². The molecule has 3 saturated heterocycles. The number of benzene rings is 1. The van der Waals surface area contributed by atoms with E-state index in [1.165, 1.54) is 35.9 Å². The number of hydrogen-bond donors (Lipinski definition) is 1. The number of aromatic nitrogens is 2. The molecule has 5 rings (SSSR count). The number of rotatable bonds is 4. The van der Waals surface area contributed by atoms with Crippen molar-refractivity contribution in [3.63, 3.8) is 0 Å². The summed E-state index contributed by atoms with van der Waals surface area (Å²) in [5, 5.41) is 12.4. The van der Waals surface area contributed by atoms with E-state index in [0.717, 1.165) is 28.9 Å². The average Bonchev–Trinajstić information content (AvgIpc) is 3.07. The fourth-order valence-corrected chi connectivity index (χ4v) is 5.31. The van der Waals surface area contributed by atoms with Crippen molar-refractivity contribution in [2.75, 3.05) is 19.6 Å². The normalized spacial score (nSPS) is 25.6. The Kier molecular flexibility index (Phi) is 4.76. The molecular weight excluding hydrogens is 364 g/mol. The van der Waals surface area contributed by atoms with Crippen LogP contribution in [-0.4, -0.2) is 46.7 Å². The van der Waals surface area contributed by atoms with Crippen molar-refractivity contribution in [2.24, 2.45) is 5.92 Å². The Bertz CT molecular complexity index is 745. The van der Waals surface area contributed by atoms with E-state index in [4.69, 9.17) is 11.6 Å². The highest BCUT2D eigenvalue weighted by atomic mass is 35.5. The third-order valence-electron chi connectivity index (χ3n) is 4.61. The molecule has 3 aliphatic rings. The quantitative estimate of drug-likeness (QED) is 0.882. The standard InChI is InChI=1S/C16H17ClN4OS2/c17-11-3-1-2-4-13(11)23-16-20-19-15(24-16)14(22)18-12-9-21-7-5-10(12)6-8-21/h1-4,10,12H,5-9H2,(H,18,22). The van der Waals surface area contributed by atoms with Crippen LogP contribution in [0.5, 0.6) is 0 Å². The van der Waals surface area contributed by atoms with Crippen LogP contribution in [-0.2, 0) is 0 Å². The molecule has 8 heteroatoms. The fraction of sp³-hybridized carbons (Fsp3) is 0.438. The number of hydrogen-bond acceptors (Lipinski definition) is 6. The highest BCUT2D eigenvalue weighted by Gasteiger charge is 2.35. The molecule has 1 amide bonds. The van der Waals surface area contributed by atoms with Gasteiger partial charge in [-0.15, -0.1) is 10.2 Å². The molecule has 2 bridgehead atoms. The van der Waals surface area contributed by atoms with E-state index in [-0.39, 0.29) is 11.9 Å². The van der Waals surface area contributed by atoms with Gasteiger partial charge < -0.3 is 10.2 Å². The van der Waals surface area contributed by atoms with E-state index in [9.17, 15) is 4.79 Å². The zero-order valence-electron chi connectivity index (χ0n) is 12.9. The topological polar surface area (TPSA) is 58.1 Å². The van der Waals surface area contributed by atoms with Crippen molar-refractivity contribution in [3.8, 4) is 0 Å². The zero-order valence-corrected chi connectivity index (χ0v) is 15.3. The first kappa shape index (κ1) is 16.3. The SMILES string of the molecule is O=C(NC1CN2CCC1CC2)c1nnc(Sc2ccccc2Cl)s1. The molecule has 0 saturated carbocycles. The maximum Gasteiger partial charge on any atom is 0.282 e. The lowest BCUT2D eigenvalue weighted by Gasteiger charge is -2.44. The summed E-state index contributed by atoms with van der Waals surface area (Å²) in [4.78, 5) is 15.8. The summed E-state index contributed by atoms with van der Waals surface area (Å²) in [6, 6.07) is 7.83. The van der Waals surface area contributed by atoms with Gasteiger partial charge >= 0.3 is 0 Å². The predicted octanol–water partition coefficient (Wildman–Crippen LogP) is 3.17. The molecule has 126 valence electrons. The van der Waals surface area contributed by atoms with Gasteiger partial charge in [0.25, 0.3) is 5.91 Å². The van der Waals surface area contributed by atoms with Gasteiger partial charge in [0.15, 0.2) is 4.34 Å². The lowest BCUT2D eigenvalue weighted by atomic mass is 9.84. The van der Waals surface area contributed by atoms with E-state index in [1.807, 2.05) is 24.3 Å². The van der Waals surface area contributed by atoms with Gasteiger partial charge in [0, 0.05) is 17.5 Å². The Balaban J connectivity index is 1.41. The summed E-state index contributed by atoms with van der Waals surface area (Å²) in [6.45, 7) is 3.28. The minimum Gasteiger partial charge on any atom is -0.346 e. The molecule has 5 nitrogen and oxygen atoms in total. The van der Waals surface area contributed by atoms with Crippen LogP contribution in [0.4, 0.5) is 0 Å². The Hall–Kier alpha value is -1.15. The van der Waals surface area contributed by atoms with E-state index in [2.05, 4.69) is 20.4 Å². The molecule has 1 unspecified atom stereocenters. The molecular formula is C16H17ClN4OS2. The molecule has 3 aliphatic heterocycles. The summed E-state index contributed by atoms with van der Waals surface area (Å²) >= 11 is 8.91. The van der Waals surface area contributed by atoms with Crippen molar-refractivity contribution in [1.82, 2.24) is 20.4 Å². The molecule has 0 aliphatic carbocycles. The third kappa shape index (κ3) is 3.44. The van der Waals surface area contributed by atoms with E-state index < -0.39 is 0 Å². The number of nitrogens with zero attached hydrogens (tertiary/aromatic N) is 3. The summed E-state index contributed by atoms with van der Waals surface area (Å²) in [6.07, 6.45) is 2.35. The van der Waals surface area contributed by atoms with E-state index >= 15 is 0 Å². The van der Waals surface area contributed by atoms with Gasteiger partial charge in [-0.1, -0.05) is 46.8 Å². The molecule has 1 aromatic heterocycles. The van der Waals surface area contributed by atoms with E-state index in [0.29, 0.717) is 15.9 Å². The van der Waals surface area contributed by atoms with Crippen LogP contribution >= 0.6 is 34.7 Å². The van der Waals surface area contributed by atoms with Crippen molar-refractivity contribution in [3.05, 3.63) is 34.3 Å². The lowest BCUT2D eigenvalue weighted by Crippen LogP contribution is -2.57. The summed E-state index contributed by atoms with van der Waals surface area (Å²) in [7, 11) is 0. The number of amides is 1. The number of carbonyl (C=O) groups is 1. The van der Waals surface area contributed by atoms with Gasteiger partial charge in [0.2, 0.25) is 5.01 Å². The average molecular weight is 381 g/mol. The molecule has 24 heavy (non-hydrogen) atoms. The largest absolute Gasteiger partial charge is 0.346 e. The van der Waals surface area contributed by atoms with Crippen molar-refractivity contribution < 1.29 is 4.79 Å². The maximum absolute atomic E-state index is 12.5. The first-order chi connectivity index (χ1) is 11.7. The molecule has 0 spiro atoms. The molecule has 0 radical (unpaired) electrons. The number of piperidine rings is 3. The molecule has 1 atom stereocenters. The number of carbonyl (C=O) groups excluding carboxylic acids is 1. The van der Waals surface area contributed by atoms with Crippen molar-refractivity contribution >= 4 is 40.6 Å². The maximum atomic E-state index is 12.5. The van der Waals surface area contributed by atoms with Crippen molar-refractivity contribution in [2.45, 2.75) is 28.1 Å². The Morgan fingerprint density at radius 2 is 2.08 bits per heavy atom. The van der Waals surface area contributed by atoms with Crippen LogP contribution in [0.25, 0.3) is 0 Å². The van der Waals surface area contributed by atoms with Gasteiger partial charge in [0.05, 0.1) is 5.02 Å². The molecule has 2 aromatic rings. The number of nitrogens with one attached hydrogen (secondary N) is 1. The minimum absolute atomic E-state index is 0.114. The van der Waals surface area contributed by atoms with Crippen LogP contribution in [0.2, 0.25) is 5.02 Å². The highest BCUT2D eigenvalue weighted by Crippen LogP contribution is 2.34. The van der Waals surface area contributed by atoms with Crippen LogP contribution in [0.3, 0.4) is 0 Å². The second-order valence-electron chi connectivity index (χ2n) is 6.12. The summed E-state index contributed by atoms with van der Waals surface area (Å²) in [5.41, 5.74) is 0. The predicted molar refractivity (Wildman–Crippen MR) is 95.9 cm³/mol. The smallest absolute Gasteiger partial charge is 0.282 e. The van der Waals surface area contributed by atoms with E-state index in [1.54, 1.807) is 0 Å². The van der Waals surface area contributed by atoms with Crippen molar-refractivity contribution in [1.29, 1.82) is 0 Å². The number of fused-ring (bicyclic) bond motifs is 3. The lowest BCUT2D eigenvalue weighted by molar-refractivity contribution is 0.0620. The second kappa shape index (κ2) is 7.00. The first-order valence-corrected chi connectivity index (χ1v) is 9.99. The number of halogens is 1. The van der Waals surface area contributed by atoms with Gasteiger partial charge in [-0.3, -0.25) is 4.79 Å². The van der Waals surface area contributed by atoms with Crippen LogP contribution in [0.1, 0.15) is 22.6 Å². The first-order valence-electron chi connectivity index (χ1n) is 7.98. The Morgan fingerprint density at radius 1 is 1.29 bits per heavy atom. The molecule has 4 heterocycles. The zero-order chi connectivity index (χ0) is 16.5. The van der Waals surface area contributed by atoms with Gasteiger partial charge in [0.1, 0.15) is 0 Å². The van der Waals surface area contributed by atoms with Crippen LogP contribution in [0, 0.1) is 5.92 Å². The Labute approximate surface area is 153 Å². The molecule has 3 fully saturated rings. The summed E-state index contributed by atoms with van der Waals surface area (Å²) < 4.78 is 0.724. The monoisotopic (exact) mass is 380 g/mol. The minimum atomic E-state index is -0.114. The second-order valence-corrected chi connectivity index (χ2v) is 8.80. The molecule has 1 aromatic carbocycles. The van der Waals surface area contributed by atoms with Gasteiger partial charge in [-0.05, 0) is 44.0 Å². The Morgan fingerprint density at radius 3 is 2.79 bits per heavy atom. The third-order valence-corrected chi connectivity index (χ3v) is 7.10. The van der Waals surface area contributed by atoms with Gasteiger partial charge in [-0.25, -0.2) is 0 Å². The summed E-state index contributed by atoms with van der Waals surface area (Å²) in [5.74, 6) is 0.487. The van der Waals surface area contributed by atoms with Crippen LogP contribution in [0.15, 0.2) is 33.5 Å². The fourth-order valence-electron chi connectivity index (χ4n) is 3.32. The van der Waals surface area contributed by atoms with Gasteiger partial charge in [-0.2, -0.15) is 0 Å². The highest BCUT2D eigenvalue weighted by molar-refractivity contribution is 8.01. The molecule has 1 N–H and O–H groups in total.